The first-order valence-corrected chi connectivity index (χ1v) is 10.3. The van der Waals surface area contributed by atoms with Gasteiger partial charge in [0, 0.05) is 13.1 Å². The van der Waals surface area contributed by atoms with Crippen LogP contribution in [-0.2, 0) is 9.84 Å². The molecule has 0 aliphatic carbocycles. The molecule has 1 aromatic carbocycles. The second-order valence-electron chi connectivity index (χ2n) is 7.14. The highest BCUT2D eigenvalue weighted by Gasteiger charge is 2.33. The number of sulfone groups is 1. The molecule has 0 unspecified atom stereocenters. The van der Waals surface area contributed by atoms with Gasteiger partial charge in [0.1, 0.15) is 0 Å². The van der Waals surface area contributed by atoms with Crippen molar-refractivity contribution in [2.45, 2.75) is 36.8 Å². The highest BCUT2D eigenvalue weighted by atomic mass is 35.5. The molecular formula is C18H27ClN2O3S. The van der Waals surface area contributed by atoms with Crippen molar-refractivity contribution in [3.05, 3.63) is 29.8 Å². The molecule has 2 aliphatic rings. The van der Waals surface area contributed by atoms with E-state index in [2.05, 4.69) is 5.32 Å². The number of likely N-dealkylation sites (tertiary alicyclic amines) is 1. The zero-order valence-corrected chi connectivity index (χ0v) is 16.4. The van der Waals surface area contributed by atoms with Crippen LogP contribution in [0.4, 0.5) is 0 Å². The second-order valence-corrected chi connectivity index (χ2v) is 9.61. The van der Waals surface area contributed by atoms with E-state index in [4.69, 9.17) is 0 Å². The smallest absolute Gasteiger partial charge is 0.255 e. The number of nitrogens with one attached hydrogen (secondary N) is 1. The van der Waals surface area contributed by atoms with Crippen molar-refractivity contribution >= 4 is 28.2 Å². The normalized spacial score (nSPS) is 23.7. The van der Waals surface area contributed by atoms with Crippen LogP contribution in [0.25, 0.3) is 0 Å². The molecule has 1 N–H and O–H groups in total. The van der Waals surface area contributed by atoms with Crippen LogP contribution in [0.2, 0.25) is 0 Å². The predicted octanol–water partition coefficient (Wildman–Crippen LogP) is 2.36. The Kier molecular flexibility index (Phi) is 6.51. The van der Waals surface area contributed by atoms with Gasteiger partial charge in [-0.2, -0.15) is 0 Å². The number of rotatable bonds is 3. The lowest BCUT2D eigenvalue weighted by molar-refractivity contribution is 0.0754. The number of hydrogen-bond acceptors (Lipinski definition) is 4. The van der Waals surface area contributed by atoms with Gasteiger partial charge in [0.15, 0.2) is 9.84 Å². The van der Waals surface area contributed by atoms with Crippen molar-refractivity contribution in [2.75, 3.05) is 26.2 Å². The van der Waals surface area contributed by atoms with Crippen molar-refractivity contribution < 1.29 is 13.2 Å². The summed E-state index contributed by atoms with van der Waals surface area (Å²) in [5.41, 5.74) is 0.316. The Labute approximate surface area is 156 Å². The Morgan fingerprint density at radius 1 is 1.12 bits per heavy atom. The SMILES string of the molecule is CC(C)S(=O)(=O)c1ccccc1C(=O)N1CC[C@@H]2CNC[C@@H]2CC1.Cl. The minimum atomic E-state index is -3.47. The highest BCUT2D eigenvalue weighted by molar-refractivity contribution is 7.92. The van der Waals surface area contributed by atoms with Gasteiger partial charge in [-0.25, -0.2) is 8.42 Å². The number of halogens is 1. The fraction of sp³-hybridized carbons (Fsp3) is 0.611. The molecule has 2 fully saturated rings. The summed E-state index contributed by atoms with van der Waals surface area (Å²) in [6.45, 7) is 6.78. The Hall–Kier alpha value is -1.11. The van der Waals surface area contributed by atoms with Crippen molar-refractivity contribution in [1.82, 2.24) is 10.2 Å². The van der Waals surface area contributed by atoms with Crippen LogP contribution in [0.1, 0.15) is 37.0 Å². The van der Waals surface area contributed by atoms with Crippen LogP contribution < -0.4 is 5.32 Å². The number of fused-ring (bicyclic) bond motifs is 1. The van der Waals surface area contributed by atoms with Crippen molar-refractivity contribution in [1.29, 1.82) is 0 Å². The first-order chi connectivity index (χ1) is 11.4. The van der Waals surface area contributed by atoms with Crippen LogP contribution in [0.15, 0.2) is 29.2 Å². The summed E-state index contributed by atoms with van der Waals surface area (Å²) in [6, 6.07) is 6.62. The van der Waals surface area contributed by atoms with Gasteiger partial charge in [-0.05, 0) is 63.7 Å². The van der Waals surface area contributed by atoms with Gasteiger partial charge < -0.3 is 10.2 Å². The average Bonchev–Trinajstić information content (AvgIpc) is 2.92. The lowest BCUT2D eigenvalue weighted by Crippen LogP contribution is -2.34. The summed E-state index contributed by atoms with van der Waals surface area (Å²) in [6.07, 6.45) is 1.98. The van der Waals surface area contributed by atoms with Gasteiger partial charge in [-0.15, -0.1) is 12.4 Å². The first-order valence-electron chi connectivity index (χ1n) is 8.74. The van der Waals surface area contributed by atoms with E-state index in [1.54, 1.807) is 38.1 Å². The number of hydrogen-bond donors (Lipinski definition) is 1. The fourth-order valence-corrected chi connectivity index (χ4v) is 4.97. The Morgan fingerprint density at radius 3 is 2.24 bits per heavy atom. The van der Waals surface area contributed by atoms with E-state index in [0.29, 0.717) is 30.5 Å². The monoisotopic (exact) mass is 386 g/mol. The van der Waals surface area contributed by atoms with Gasteiger partial charge in [0.25, 0.3) is 5.91 Å². The third kappa shape index (κ3) is 4.01. The molecule has 0 saturated carbocycles. The van der Waals surface area contributed by atoms with E-state index in [-0.39, 0.29) is 23.2 Å². The Balaban J connectivity index is 0.00000225. The zero-order valence-electron chi connectivity index (χ0n) is 14.8. The van der Waals surface area contributed by atoms with Crippen LogP contribution in [0, 0.1) is 11.8 Å². The van der Waals surface area contributed by atoms with Crippen molar-refractivity contribution in [2.24, 2.45) is 11.8 Å². The Morgan fingerprint density at radius 2 is 1.68 bits per heavy atom. The maximum atomic E-state index is 13.0. The quantitative estimate of drug-likeness (QED) is 0.865. The molecular weight excluding hydrogens is 360 g/mol. The standard InChI is InChI=1S/C18H26N2O3S.ClH/c1-13(2)24(22,23)17-6-4-3-5-16(17)18(21)20-9-7-14-11-19-12-15(14)8-10-20;/h3-6,13-15,19H,7-12H2,1-2H3;1H/t14-,15+;. The van der Waals surface area contributed by atoms with Crippen LogP contribution in [0.5, 0.6) is 0 Å². The lowest BCUT2D eigenvalue weighted by atomic mass is 9.92. The molecule has 7 heteroatoms. The molecule has 0 spiro atoms. The number of amides is 1. The number of nitrogens with zero attached hydrogens (tertiary/aromatic N) is 1. The summed E-state index contributed by atoms with van der Waals surface area (Å²) < 4.78 is 25.2. The molecule has 140 valence electrons. The van der Waals surface area contributed by atoms with Gasteiger partial charge in [-0.3, -0.25) is 4.79 Å². The number of carbonyl (C=O) groups excluding carboxylic acids is 1. The highest BCUT2D eigenvalue weighted by Crippen LogP contribution is 2.29. The van der Waals surface area contributed by atoms with E-state index < -0.39 is 15.1 Å². The molecule has 0 aromatic heterocycles. The zero-order chi connectivity index (χ0) is 17.3. The summed E-state index contributed by atoms with van der Waals surface area (Å²) in [7, 11) is -3.47. The van der Waals surface area contributed by atoms with Gasteiger partial charge in [-0.1, -0.05) is 12.1 Å². The molecule has 1 aromatic rings. The fourth-order valence-electron chi connectivity index (χ4n) is 3.74. The minimum Gasteiger partial charge on any atom is -0.339 e. The van der Waals surface area contributed by atoms with E-state index in [1.807, 2.05) is 4.90 Å². The van der Waals surface area contributed by atoms with Crippen molar-refractivity contribution in [3.63, 3.8) is 0 Å². The van der Waals surface area contributed by atoms with Gasteiger partial charge in [0.05, 0.1) is 15.7 Å². The molecule has 2 saturated heterocycles. The molecule has 5 nitrogen and oxygen atoms in total. The molecule has 1 amide bonds. The molecule has 25 heavy (non-hydrogen) atoms. The summed E-state index contributed by atoms with van der Waals surface area (Å²) in [5.74, 6) is 1.12. The second kappa shape index (κ2) is 8.06. The summed E-state index contributed by atoms with van der Waals surface area (Å²) in [4.78, 5) is 15.0. The van der Waals surface area contributed by atoms with Crippen molar-refractivity contribution in [3.8, 4) is 0 Å². The molecule has 0 bridgehead atoms. The van der Waals surface area contributed by atoms with Crippen LogP contribution in [0.3, 0.4) is 0 Å². The largest absolute Gasteiger partial charge is 0.339 e. The van der Waals surface area contributed by atoms with E-state index in [9.17, 15) is 13.2 Å². The minimum absolute atomic E-state index is 0. The van der Waals surface area contributed by atoms with Crippen LogP contribution in [-0.4, -0.2) is 50.7 Å². The third-order valence-corrected chi connectivity index (χ3v) is 7.56. The van der Waals surface area contributed by atoms with Gasteiger partial charge >= 0.3 is 0 Å². The van der Waals surface area contributed by atoms with E-state index in [0.717, 1.165) is 25.9 Å². The molecule has 2 aliphatic heterocycles. The maximum Gasteiger partial charge on any atom is 0.255 e. The van der Waals surface area contributed by atoms with E-state index >= 15 is 0 Å². The number of carbonyl (C=O) groups is 1. The summed E-state index contributed by atoms with van der Waals surface area (Å²) >= 11 is 0. The third-order valence-electron chi connectivity index (χ3n) is 5.35. The topological polar surface area (TPSA) is 66.5 Å². The molecule has 3 rings (SSSR count). The summed E-state index contributed by atoms with van der Waals surface area (Å²) in [5, 5.41) is 2.89. The average molecular weight is 387 g/mol. The number of benzene rings is 1. The Bertz CT molecular complexity index is 707. The molecule has 2 heterocycles. The van der Waals surface area contributed by atoms with Crippen LogP contribution >= 0.6 is 12.4 Å². The molecule has 0 radical (unpaired) electrons. The molecule has 2 atom stereocenters. The van der Waals surface area contributed by atoms with E-state index in [1.165, 1.54) is 0 Å². The lowest BCUT2D eigenvalue weighted by Gasteiger charge is -2.22. The maximum absolute atomic E-state index is 13.0. The predicted molar refractivity (Wildman–Crippen MR) is 101 cm³/mol. The van der Waals surface area contributed by atoms with Gasteiger partial charge in [0.2, 0.25) is 0 Å². The first kappa shape index (κ1) is 20.2.